The highest BCUT2D eigenvalue weighted by Crippen LogP contribution is 2.20. The number of amides is 3. The molecule has 2 rings (SSSR count). The molecule has 1 atom stereocenters. The van der Waals surface area contributed by atoms with Crippen LogP contribution in [0.4, 0.5) is 4.79 Å². The second-order valence-corrected chi connectivity index (χ2v) is 4.85. The minimum atomic E-state index is -0.753. The summed E-state index contributed by atoms with van der Waals surface area (Å²) in [5.41, 5.74) is -0.753. The third-order valence-corrected chi connectivity index (χ3v) is 3.07. The van der Waals surface area contributed by atoms with E-state index < -0.39 is 5.54 Å². The summed E-state index contributed by atoms with van der Waals surface area (Å²) >= 11 is 0. The highest BCUT2D eigenvalue weighted by Gasteiger charge is 2.44. The molecule has 0 saturated carbocycles. The number of hydrogen-bond acceptors (Lipinski definition) is 4. The zero-order chi connectivity index (χ0) is 12.5. The second kappa shape index (κ2) is 4.62. The maximum atomic E-state index is 11.5. The smallest absolute Gasteiger partial charge is 0.324 e. The van der Waals surface area contributed by atoms with Crippen molar-refractivity contribution in [1.82, 2.24) is 10.2 Å². The van der Waals surface area contributed by atoms with Crippen molar-refractivity contribution in [3.63, 3.8) is 0 Å². The average Bonchev–Trinajstić information content (AvgIpc) is 3.02. The molecule has 96 valence electrons. The summed E-state index contributed by atoms with van der Waals surface area (Å²) in [5.74, 6) is -0.241. The number of hydrogen-bond donors (Lipinski definition) is 1. The number of ether oxygens (including phenoxy) is 2. The standard InChI is InChI=1S/C11H18N2O4/c1-11(2)9(14)12-10(15)13(11)4-3-5-16-6-8-7-17-8/h8H,3-7H2,1-2H3,(H,12,14,15). The van der Waals surface area contributed by atoms with Gasteiger partial charge >= 0.3 is 6.03 Å². The lowest BCUT2D eigenvalue weighted by atomic mass is 10.0. The first kappa shape index (κ1) is 12.3. The minimum absolute atomic E-state index is 0.241. The van der Waals surface area contributed by atoms with E-state index in [1.54, 1.807) is 18.7 Å². The molecule has 0 aromatic heterocycles. The van der Waals surface area contributed by atoms with Gasteiger partial charge in [0.15, 0.2) is 0 Å². The van der Waals surface area contributed by atoms with E-state index in [9.17, 15) is 9.59 Å². The van der Waals surface area contributed by atoms with Crippen LogP contribution in [-0.4, -0.2) is 54.8 Å². The summed E-state index contributed by atoms with van der Waals surface area (Å²) in [6, 6.07) is -0.314. The summed E-state index contributed by atoms with van der Waals surface area (Å²) in [4.78, 5) is 24.5. The fraction of sp³-hybridized carbons (Fsp3) is 0.818. The Morgan fingerprint density at radius 2 is 2.24 bits per heavy atom. The van der Waals surface area contributed by atoms with Gasteiger partial charge in [0.1, 0.15) is 11.6 Å². The largest absolute Gasteiger partial charge is 0.379 e. The van der Waals surface area contributed by atoms with Gasteiger partial charge in [-0.25, -0.2) is 4.79 Å². The van der Waals surface area contributed by atoms with Crippen LogP contribution in [0, 0.1) is 0 Å². The Labute approximate surface area is 100 Å². The third-order valence-electron chi connectivity index (χ3n) is 3.07. The molecule has 2 aliphatic rings. The first-order valence-electron chi connectivity index (χ1n) is 5.84. The second-order valence-electron chi connectivity index (χ2n) is 4.85. The van der Waals surface area contributed by atoms with Crippen molar-refractivity contribution in [3.05, 3.63) is 0 Å². The Kier molecular flexibility index (Phi) is 3.35. The number of carbonyl (C=O) groups excluding carboxylic acids is 2. The van der Waals surface area contributed by atoms with Crippen LogP contribution < -0.4 is 5.32 Å². The van der Waals surface area contributed by atoms with Gasteiger partial charge in [-0.1, -0.05) is 0 Å². The quantitative estimate of drug-likeness (QED) is 0.408. The summed E-state index contributed by atoms with van der Waals surface area (Å²) in [5, 5.41) is 2.31. The van der Waals surface area contributed by atoms with Crippen LogP contribution in [-0.2, 0) is 14.3 Å². The number of nitrogens with zero attached hydrogens (tertiary/aromatic N) is 1. The van der Waals surface area contributed by atoms with Crippen molar-refractivity contribution in [2.24, 2.45) is 0 Å². The molecular weight excluding hydrogens is 224 g/mol. The molecule has 0 spiro atoms. The third kappa shape index (κ3) is 2.76. The molecule has 1 N–H and O–H groups in total. The van der Waals surface area contributed by atoms with Crippen molar-refractivity contribution >= 4 is 11.9 Å². The van der Waals surface area contributed by atoms with Gasteiger partial charge in [-0.05, 0) is 20.3 Å². The molecule has 2 fully saturated rings. The molecule has 6 heteroatoms. The van der Waals surface area contributed by atoms with E-state index in [1.807, 2.05) is 0 Å². The maximum absolute atomic E-state index is 11.5. The van der Waals surface area contributed by atoms with Crippen molar-refractivity contribution in [2.75, 3.05) is 26.4 Å². The zero-order valence-corrected chi connectivity index (χ0v) is 10.2. The lowest BCUT2D eigenvalue weighted by Crippen LogP contribution is -2.44. The number of epoxide rings is 1. The van der Waals surface area contributed by atoms with Gasteiger partial charge in [0, 0.05) is 13.2 Å². The molecule has 1 unspecified atom stereocenters. The van der Waals surface area contributed by atoms with Crippen LogP contribution >= 0.6 is 0 Å². The van der Waals surface area contributed by atoms with Crippen molar-refractivity contribution in [2.45, 2.75) is 31.9 Å². The van der Waals surface area contributed by atoms with Crippen LogP contribution in [0.5, 0.6) is 0 Å². The SMILES string of the molecule is CC1(C)C(=O)NC(=O)N1CCCOCC1CO1. The Hall–Kier alpha value is -1.14. The van der Waals surface area contributed by atoms with E-state index in [0.717, 1.165) is 13.0 Å². The molecule has 2 saturated heterocycles. The molecule has 6 nitrogen and oxygen atoms in total. The molecule has 2 heterocycles. The number of urea groups is 1. The van der Waals surface area contributed by atoms with Gasteiger partial charge in [-0.3, -0.25) is 10.1 Å². The van der Waals surface area contributed by atoms with Crippen molar-refractivity contribution < 1.29 is 19.1 Å². The van der Waals surface area contributed by atoms with E-state index in [0.29, 0.717) is 19.8 Å². The predicted octanol–water partition coefficient (Wildman–Crippen LogP) is 0.122. The molecule has 0 aromatic carbocycles. The topological polar surface area (TPSA) is 71.2 Å². The van der Waals surface area contributed by atoms with Crippen LogP contribution in [0.3, 0.4) is 0 Å². The molecule has 2 aliphatic heterocycles. The molecule has 0 aromatic rings. The van der Waals surface area contributed by atoms with E-state index in [2.05, 4.69) is 5.32 Å². The fourth-order valence-electron chi connectivity index (χ4n) is 1.78. The van der Waals surface area contributed by atoms with Gasteiger partial charge in [0.25, 0.3) is 5.91 Å². The predicted molar refractivity (Wildman–Crippen MR) is 59.5 cm³/mol. The summed E-state index contributed by atoms with van der Waals surface area (Å²) in [6.45, 7) is 5.99. The lowest BCUT2D eigenvalue weighted by Gasteiger charge is -2.27. The van der Waals surface area contributed by atoms with Crippen LogP contribution in [0.1, 0.15) is 20.3 Å². The van der Waals surface area contributed by atoms with Gasteiger partial charge in [0.2, 0.25) is 0 Å². The highest BCUT2D eigenvalue weighted by atomic mass is 16.6. The number of carbonyl (C=O) groups is 2. The zero-order valence-electron chi connectivity index (χ0n) is 10.2. The number of nitrogens with one attached hydrogen (secondary N) is 1. The van der Waals surface area contributed by atoms with E-state index >= 15 is 0 Å². The normalized spacial score (nSPS) is 26.2. The van der Waals surface area contributed by atoms with Crippen LogP contribution in [0.25, 0.3) is 0 Å². The van der Waals surface area contributed by atoms with Crippen molar-refractivity contribution in [3.8, 4) is 0 Å². The molecular formula is C11H18N2O4. The van der Waals surface area contributed by atoms with Crippen LogP contribution in [0.2, 0.25) is 0 Å². The molecule has 0 bridgehead atoms. The molecule has 17 heavy (non-hydrogen) atoms. The van der Waals surface area contributed by atoms with Gasteiger partial charge in [0.05, 0.1) is 13.2 Å². The molecule has 0 aliphatic carbocycles. The minimum Gasteiger partial charge on any atom is -0.379 e. The van der Waals surface area contributed by atoms with Gasteiger partial charge in [-0.15, -0.1) is 0 Å². The fourth-order valence-corrected chi connectivity index (χ4v) is 1.78. The van der Waals surface area contributed by atoms with E-state index in [-0.39, 0.29) is 18.0 Å². The Morgan fingerprint density at radius 1 is 1.53 bits per heavy atom. The van der Waals surface area contributed by atoms with Gasteiger partial charge < -0.3 is 14.4 Å². The van der Waals surface area contributed by atoms with Crippen molar-refractivity contribution in [1.29, 1.82) is 0 Å². The molecule has 0 radical (unpaired) electrons. The monoisotopic (exact) mass is 242 g/mol. The first-order chi connectivity index (χ1) is 8.01. The maximum Gasteiger partial charge on any atom is 0.324 e. The van der Waals surface area contributed by atoms with E-state index in [4.69, 9.17) is 9.47 Å². The summed E-state index contributed by atoms with van der Waals surface area (Å²) in [7, 11) is 0. The Balaban J connectivity index is 1.70. The summed E-state index contributed by atoms with van der Waals surface area (Å²) < 4.78 is 10.4. The van der Waals surface area contributed by atoms with Gasteiger partial charge in [-0.2, -0.15) is 0 Å². The number of imide groups is 1. The summed E-state index contributed by atoms with van der Waals surface area (Å²) in [6.07, 6.45) is 0.986. The first-order valence-corrected chi connectivity index (χ1v) is 5.84. The Morgan fingerprint density at radius 3 is 2.76 bits per heavy atom. The molecule has 3 amide bonds. The highest BCUT2D eigenvalue weighted by molar-refractivity contribution is 6.06. The lowest BCUT2D eigenvalue weighted by molar-refractivity contribution is -0.125. The average molecular weight is 242 g/mol. The van der Waals surface area contributed by atoms with E-state index in [1.165, 1.54) is 0 Å². The van der Waals surface area contributed by atoms with Crippen LogP contribution in [0.15, 0.2) is 0 Å². The number of rotatable bonds is 6. The Bertz CT molecular complexity index is 325.